The molecule has 1 atom stereocenters. The summed E-state index contributed by atoms with van der Waals surface area (Å²) in [4.78, 5) is 17.5. The van der Waals surface area contributed by atoms with Gasteiger partial charge in [0.15, 0.2) is 11.5 Å². The summed E-state index contributed by atoms with van der Waals surface area (Å²) >= 11 is 0. The standard InChI is InChI=1S/C25H28N2O4/c1-30-23-11-17-8-9-26-15-20(22(28)13-21(26)19(17)12-24(23)31-2)25(29)27-10-7-16-5-3-4-6-18(16)14-27/h3-6,11-12,21,28H,7-10,13-15H2,1-2H3. The maximum absolute atomic E-state index is 13.3. The molecule has 3 aliphatic rings. The number of fused-ring (bicyclic) bond motifs is 4. The van der Waals surface area contributed by atoms with Gasteiger partial charge in [-0.1, -0.05) is 24.3 Å². The molecule has 1 amide bonds. The number of aliphatic hydroxyl groups is 1. The van der Waals surface area contributed by atoms with Crippen LogP contribution in [-0.2, 0) is 24.2 Å². The van der Waals surface area contributed by atoms with Crippen LogP contribution >= 0.6 is 0 Å². The van der Waals surface area contributed by atoms with Gasteiger partial charge < -0.3 is 19.5 Å². The molecule has 1 unspecified atom stereocenters. The van der Waals surface area contributed by atoms with E-state index in [0.717, 1.165) is 30.7 Å². The van der Waals surface area contributed by atoms with Crippen LogP contribution in [0, 0.1) is 0 Å². The number of ether oxygens (including phenoxy) is 2. The molecule has 3 aliphatic heterocycles. The number of carbonyl (C=O) groups excluding carboxylic acids is 1. The Hall–Kier alpha value is -2.99. The minimum Gasteiger partial charge on any atom is -0.512 e. The van der Waals surface area contributed by atoms with Crippen LogP contribution < -0.4 is 9.47 Å². The van der Waals surface area contributed by atoms with Crippen molar-refractivity contribution >= 4 is 5.91 Å². The van der Waals surface area contributed by atoms with Crippen molar-refractivity contribution in [2.24, 2.45) is 0 Å². The molecule has 0 fully saturated rings. The van der Waals surface area contributed by atoms with E-state index in [1.165, 1.54) is 16.7 Å². The zero-order valence-electron chi connectivity index (χ0n) is 18.1. The van der Waals surface area contributed by atoms with Crippen LogP contribution in [-0.4, -0.2) is 54.7 Å². The van der Waals surface area contributed by atoms with Gasteiger partial charge in [0, 0.05) is 38.6 Å². The van der Waals surface area contributed by atoms with Gasteiger partial charge >= 0.3 is 0 Å². The molecule has 5 rings (SSSR count). The molecule has 0 bridgehead atoms. The molecule has 162 valence electrons. The summed E-state index contributed by atoms with van der Waals surface area (Å²) in [6.07, 6.45) is 2.18. The molecule has 6 heteroatoms. The van der Waals surface area contributed by atoms with E-state index in [1.807, 2.05) is 29.2 Å². The van der Waals surface area contributed by atoms with Gasteiger partial charge in [0.05, 0.1) is 19.8 Å². The molecule has 2 aromatic carbocycles. The van der Waals surface area contributed by atoms with E-state index in [4.69, 9.17) is 9.47 Å². The Morgan fingerprint density at radius 1 is 0.968 bits per heavy atom. The molecule has 0 aromatic heterocycles. The Labute approximate surface area is 182 Å². The second kappa shape index (κ2) is 7.93. The van der Waals surface area contributed by atoms with Crippen LogP contribution in [0.3, 0.4) is 0 Å². The summed E-state index contributed by atoms with van der Waals surface area (Å²) in [6.45, 7) is 2.62. The van der Waals surface area contributed by atoms with Gasteiger partial charge in [-0.15, -0.1) is 0 Å². The van der Waals surface area contributed by atoms with Crippen LogP contribution in [0.25, 0.3) is 0 Å². The number of amides is 1. The first-order chi connectivity index (χ1) is 15.1. The highest BCUT2D eigenvalue weighted by molar-refractivity contribution is 5.94. The van der Waals surface area contributed by atoms with Gasteiger partial charge in [-0.3, -0.25) is 9.69 Å². The highest BCUT2D eigenvalue weighted by atomic mass is 16.5. The predicted molar refractivity (Wildman–Crippen MR) is 117 cm³/mol. The maximum Gasteiger partial charge on any atom is 0.254 e. The lowest BCUT2D eigenvalue weighted by atomic mass is 9.86. The third-order valence-corrected chi connectivity index (χ3v) is 6.89. The van der Waals surface area contributed by atoms with Crippen LogP contribution in [0.2, 0.25) is 0 Å². The van der Waals surface area contributed by atoms with Crippen molar-refractivity contribution in [3.63, 3.8) is 0 Å². The fraction of sp³-hybridized carbons (Fsp3) is 0.400. The van der Waals surface area contributed by atoms with Gasteiger partial charge in [0.2, 0.25) is 0 Å². The molecule has 31 heavy (non-hydrogen) atoms. The van der Waals surface area contributed by atoms with E-state index in [0.29, 0.717) is 37.4 Å². The topological polar surface area (TPSA) is 62.2 Å². The van der Waals surface area contributed by atoms with Crippen molar-refractivity contribution in [2.45, 2.75) is 31.8 Å². The molecule has 0 saturated heterocycles. The summed E-state index contributed by atoms with van der Waals surface area (Å²) in [6, 6.07) is 12.4. The number of rotatable bonds is 3. The van der Waals surface area contributed by atoms with Crippen LogP contribution in [0.4, 0.5) is 0 Å². The Morgan fingerprint density at radius 3 is 2.45 bits per heavy atom. The molecule has 0 radical (unpaired) electrons. The molecule has 0 saturated carbocycles. The molecule has 3 heterocycles. The van der Waals surface area contributed by atoms with Gasteiger partial charge in [0.1, 0.15) is 5.76 Å². The quantitative estimate of drug-likeness (QED) is 0.825. The summed E-state index contributed by atoms with van der Waals surface area (Å²) in [5.41, 5.74) is 5.41. The van der Waals surface area contributed by atoms with E-state index >= 15 is 0 Å². The van der Waals surface area contributed by atoms with Gasteiger partial charge in [-0.25, -0.2) is 0 Å². The van der Waals surface area contributed by atoms with E-state index in [9.17, 15) is 9.90 Å². The highest BCUT2D eigenvalue weighted by Gasteiger charge is 2.37. The first kappa shape index (κ1) is 19.9. The largest absolute Gasteiger partial charge is 0.512 e. The second-order valence-electron chi connectivity index (χ2n) is 8.52. The average molecular weight is 421 g/mol. The van der Waals surface area contributed by atoms with Gasteiger partial charge in [-0.05, 0) is 47.2 Å². The molecular weight excluding hydrogens is 392 g/mol. The molecule has 2 aromatic rings. The fourth-order valence-electron chi connectivity index (χ4n) is 5.16. The summed E-state index contributed by atoms with van der Waals surface area (Å²) in [7, 11) is 3.28. The predicted octanol–water partition coefficient (Wildman–Crippen LogP) is 3.40. The number of methoxy groups -OCH3 is 2. The third-order valence-electron chi connectivity index (χ3n) is 6.89. The Morgan fingerprint density at radius 2 is 1.68 bits per heavy atom. The first-order valence-corrected chi connectivity index (χ1v) is 10.8. The Bertz CT molecular complexity index is 1060. The van der Waals surface area contributed by atoms with Crippen molar-refractivity contribution in [3.05, 3.63) is 70.0 Å². The Balaban J connectivity index is 1.40. The fourth-order valence-corrected chi connectivity index (χ4v) is 5.16. The van der Waals surface area contributed by atoms with Crippen LogP contribution in [0.5, 0.6) is 11.5 Å². The van der Waals surface area contributed by atoms with Crippen molar-refractivity contribution in [2.75, 3.05) is 33.9 Å². The molecule has 0 spiro atoms. The lowest BCUT2D eigenvalue weighted by Crippen LogP contribution is -2.45. The number of hydrogen-bond donors (Lipinski definition) is 1. The van der Waals surface area contributed by atoms with Crippen LogP contribution in [0.15, 0.2) is 47.7 Å². The van der Waals surface area contributed by atoms with E-state index in [2.05, 4.69) is 17.0 Å². The summed E-state index contributed by atoms with van der Waals surface area (Å²) in [5, 5.41) is 10.9. The lowest BCUT2D eigenvalue weighted by molar-refractivity contribution is -0.128. The van der Waals surface area contributed by atoms with Gasteiger partial charge in [-0.2, -0.15) is 0 Å². The zero-order valence-corrected chi connectivity index (χ0v) is 18.1. The van der Waals surface area contributed by atoms with Gasteiger partial charge in [0.25, 0.3) is 5.91 Å². The summed E-state index contributed by atoms with van der Waals surface area (Å²) < 4.78 is 11.0. The third kappa shape index (κ3) is 3.45. The van der Waals surface area contributed by atoms with Crippen molar-refractivity contribution in [1.29, 1.82) is 0 Å². The number of benzene rings is 2. The molecule has 1 N–H and O–H groups in total. The molecular formula is C25H28N2O4. The molecule has 0 aliphatic carbocycles. The number of aliphatic hydroxyl groups excluding tert-OH is 1. The van der Waals surface area contributed by atoms with Crippen LogP contribution in [0.1, 0.15) is 34.7 Å². The second-order valence-corrected chi connectivity index (χ2v) is 8.52. The van der Waals surface area contributed by atoms with Crippen molar-refractivity contribution in [3.8, 4) is 11.5 Å². The first-order valence-electron chi connectivity index (χ1n) is 10.8. The number of nitrogens with zero attached hydrogens (tertiary/aromatic N) is 2. The van der Waals surface area contributed by atoms with Crippen molar-refractivity contribution < 1.29 is 19.4 Å². The maximum atomic E-state index is 13.3. The monoisotopic (exact) mass is 420 g/mol. The minimum atomic E-state index is -0.0384. The summed E-state index contributed by atoms with van der Waals surface area (Å²) in [5.74, 6) is 1.60. The average Bonchev–Trinajstić information content (AvgIpc) is 2.81. The SMILES string of the molecule is COc1cc2c(cc1OC)C1CC(O)=C(C(=O)N3CCc4ccccc4C3)CN1CC2. The normalized spacial score (nSPS) is 20.6. The zero-order chi connectivity index (χ0) is 21.5. The minimum absolute atomic E-state index is 0.0384. The Kier molecular flexibility index (Phi) is 5.10. The van der Waals surface area contributed by atoms with Crippen molar-refractivity contribution in [1.82, 2.24) is 9.80 Å². The smallest absolute Gasteiger partial charge is 0.254 e. The number of carbonyl (C=O) groups is 1. The van der Waals surface area contributed by atoms with E-state index in [1.54, 1.807) is 14.2 Å². The van der Waals surface area contributed by atoms with E-state index in [-0.39, 0.29) is 17.7 Å². The molecule has 6 nitrogen and oxygen atoms in total. The number of hydrogen-bond acceptors (Lipinski definition) is 5. The lowest BCUT2D eigenvalue weighted by Gasteiger charge is -2.42. The van der Waals surface area contributed by atoms with E-state index < -0.39 is 0 Å². The highest BCUT2D eigenvalue weighted by Crippen LogP contribution is 2.42.